The molecule has 0 saturated carbocycles. The number of carboxylic acid groups (broad SMARTS) is 1. The van der Waals surface area contributed by atoms with E-state index in [2.05, 4.69) is 0 Å². The topological polar surface area (TPSA) is 76.1 Å². The molecule has 6 nitrogen and oxygen atoms in total. The lowest BCUT2D eigenvalue weighted by atomic mass is 10.1. The fourth-order valence-electron chi connectivity index (χ4n) is 2.69. The minimum absolute atomic E-state index is 0.0329. The molecule has 1 aliphatic rings. The van der Waals surface area contributed by atoms with Crippen LogP contribution in [0.3, 0.4) is 0 Å². The predicted molar refractivity (Wildman–Crippen MR) is 90.6 cm³/mol. The van der Waals surface area contributed by atoms with Gasteiger partial charge in [0.05, 0.1) is 6.42 Å². The van der Waals surface area contributed by atoms with Gasteiger partial charge < -0.3 is 19.5 Å². The highest BCUT2D eigenvalue weighted by Gasteiger charge is 2.19. The first-order chi connectivity index (χ1) is 12.5. The normalized spacial score (nSPS) is 12.5. The molecule has 0 aromatic heterocycles. The maximum Gasteiger partial charge on any atom is 0.323 e. The Morgan fingerprint density at radius 3 is 2.35 bits per heavy atom. The fraction of sp³-hybridized carbons (Fsp3) is 0.263. The van der Waals surface area contributed by atoms with Crippen molar-refractivity contribution in [2.24, 2.45) is 0 Å². The van der Waals surface area contributed by atoms with Gasteiger partial charge in [-0.3, -0.25) is 9.59 Å². The molecule has 0 saturated heterocycles. The van der Waals surface area contributed by atoms with Crippen LogP contribution in [0.5, 0.6) is 11.5 Å². The lowest BCUT2D eigenvalue weighted by molar-refractivity contribution is -0.144. The van der Waals surface area contributed by atoms with Gasteiger partial charge in [-0.15, -0.1) is 0 Å². The van der Waals surface area contributed by atoms with E-state index in [1.807, 2.05) is 0 Å². The standard InChI is InChI=1S/C19H18FNO5/c20-15-4-1-13(2-5-15)11-21(12-19(23)24)18(22)10-14-3-6-16-17(9-14)26-8-7-25-16/h1-6,9H,7-8,10-12H2,(H,23,24). The summed E-state index contributed by atoms with van der Waals surface area (Å²) in [5.41, 5.74) is 1.36. The van der Waals surface area contributed by atoms with Gasteiger partial charge in [-0.2, -0.15) is 0 Å². The number of hydrogen-bond donors (Lipinski definition) is 1. The summed E-state index contributed by atoms with van der Waals surface area (Å²) in [5.74, 6) is -0.636. The van der Waals surface area contributed by atoms with Crippen LogP contribution >= 0.6 is 0 Å². The van der Waals surface area contributed by atoms with E-state index in [4.69, 9.17) is 14.6 Å². The van der Waals surface area contributed by atoms with Crippen LogP contribution in [0.15, 0.2) is 42.5 Å². The first kappa shape index (κ1) is 17.7. The number of halogens is 1. The third-order valence-electron chi connectivity index (χ3n) is 3.93. The zero-order chi connectivity index (χ0) is 18.5. The second-order valence-electron chi connectivity index (χ2n) is 5.92. The summed E-state index contributed by atoms with van der Waals surface area (Å²) in [4.78, 5) is 24.9. The van der Waals surface area contributed by atoms with Crippen molar-refractivity contribution in [3.8, 4) is 11.5 Å². The summed E-state index contributed by atoms with van der Waals surface area (Å²) in [6.07, 6.45) is 0.0329. The predicted octanol–water partition coefficient (Wildman–Crippen LogP) is 2.25. The number of rotatable bonds is 6. The molecule has 7 heteroatoms. The van der Waals surface area contributed by atoms with E-state index in [-0.39, 0.29) is 24.7 Å². The molecule has 0 radical (unpaired) electrons. The van der Waals surface area contributed by atoms with Crippen LogP contribution < -0.4 is 9.47 Å². The fourth-order valence-corrected chi connectivity index (χ4v) is 2.69. The minimum Gasteiger partial charge on any atom is -0.486 e. The minimum atomic E-state index is -1.11. The summed E-state index contributed by atoms with van der Waals surface area (Å²) in [6, 6.07) is 10.8. The molecule has 2 aromatic carbocycles. The number of benzene rings is 2. The van der Waals surface area contributed by atoms with Gasteiger partial charge in [0, 0.05) is 6.54 Å². The number of fused-ring (bicyclic) bond motifs is 1. The molecule has 1 heterocycles. The van der Waals surface area contributed by atoms with Gasteiger partial charge in [0.1, 0.15) is 25.6 Å². The van der Waals surface area contributed by atoms with Crippen LogP contribution in [0, 0.1) is 5.82 Å². The number of nitrogens with zero attached hydrogens (tertiary/aromatic N) is 1. The van der Waals surface area contributed by atoms with Crippen LogP contribution in [0.25, 0.3) is 0 Å². The molecule has 0 spiro atoms. The molecular formula is C19H18FNO5. The number of carbonyl (C=O) groups excluding carboxylic acids is 1. The van der Waals surface area contributed by atoms with Gasteiger partial charge in [-0.05, 0) is 35.4 Å². The molecule has 3 rings (SSSR count). The average Bonchev–Trinajstić information content (AvgIpc) is 2.62. The number of aliphatic carboxylic acids is 1. The van der Waals surface area contributed by atoms with Crippen LogP contribution in [-0.4, -0.2) is 41.6 Å². The summed E-state index contributed by atoms with van der Waals surface area (Å²) in [5, 5.41) is 9.09. The zero-order valence-electron chi connectivity index (χ0n) is 14.0. The van der Waals surface area contributed by atoms with E-state index >= 15 is 0 Å². The van der Waals surface area contributed by atoms with Gasteiger partial charge in [0.2, 0.25) is 5.91 Å². The van der Waals surface area contributed by atoms with Crippen molar-refractivity contribution in [2.75, 3.05) is 19.8 Å². The number of amides is 1. The van der Waals surface area contributed by atoms with Crippen molar-refractivity contribution in [3.05, 3.63) is 59.4 Å². The summed E-state index contributed by atoms with van der Waals surface area (Å²) in [7, 11) is 0. The molecule has 0 fully saturated rings. The highest BCUT2D eigenvalue weighted by Crippen LogP contribution is 2.31. The van der Waals surface area contributed by atoms with Crippen molar-refractivity contribution in [1.29, 1.82) is 0 Å². The summed E-state index contributed by atoms with van der Waals surface area (Å²) >= 11 is 0. The number of carboxylic acids is 1. The number of ether oxygens (including phenoxy) is 2. The highest BCUT2D eigenvalue weighted by atomic mass is 19.1. The maximum atomic E-state index is 13.0. The SMILES string of the molecule is O=C(O)CN(Cc1ccc(F)cc1)C(=O)Cc1ccc2c(c1)OCCO2. The highest BCUT2D eigenvalue weighted by molar-refractivity contribution is 5.83. The lowest BCUT2D eigenvalue weighted by Gasteiger charge is -2.22. The third-order valence-corrected chi connectivity index (χ3v) is 3.93. The van der Waals surface area contributed by atoms with Crippen LogP contribution in [0.4, 0.5) is 4.39 Å². The van der Waals surface area contributed by atoms with E-state index in [0.29, 0.717) is 35.8 Å². The zero-order valence-corrected chi connectivity index (χ0v) is 14.0. The molecule has 136 valence electrons. The van der Waals surface area contributed by atoms with E-state index in [0.717, 1.165) is 0 Å². The quantitative estimate of drug-likeness (QED) is 0.856. The first-order valence-electron chi connectivity index (χ1n) is 8.14. The Kier molecular flexibility index (Phi) is 5.36. The Labute approximate surface area is 149 Å². The van der Waals surface area contributed by atoms with Crippen molar-refractivity contribution in [1.82, 2.24) is 4.90 Å². The third kappa shape index (κ3) is 4.50. The maximum absolute atomic E-state index is 13.0. The second kappa shape index (κ2) is 7.86. The van der Waals surface area contributed by atoms with Gasteiger partial charge in [0.25, 0.3) is 0 Å². The molecule has 26 heavy (non-hydrogen) atoms. The Balaban J connectivity index is 1.72. The van der Waals surface area contributed by atoms with E-state index < -0.39 is 12.5 Å². The molecule has 1 N–H and O–H groups in total. The average molecular weight is 359 g/mol. The molecule has 0 atom stereocenters. The largest absolute Gasteiger partial charge is 0.486 e. The summed E-state index contributed by atoms with van der Waals surface area (Å²) in [6.45, 7) is 0.589. The van der Waals surface area contributed by atoms with Gasteiger partial charge in [-0.25, -0.2) is 4.39 Å². The smallest absolute Gasteiger partial charge is 0.323 e. The van der Waals surface area contributed by atoms with E-state index in [9.17, 15) is 14.0 Å². The Bertz CT molecular complexity index is 806. The molecule has 0 unspecified atom stereocenters. The van der Waals surface area contributed by atoms with Crippen LogP contribution in [-0.2, 0) is 22.6 Å². The van der Waals surface area contributed by atoms with Crippen molar-refractivity contribution in [2.45, 2.75) is 13.0 Å². The number of hydrogen-bond acceptors (Lipinski definition) is 4. The van der Waals surface area contributed by atoms with Crippen LogP contribution in [0.1, 0.15) is 11.1 Å². The number of carbonyl (C=O) groups is 2. The Hall–Kier alpha value is -3.09. The monoisotopic (exact) mass is 359 g/mol. The Morgan fingerprint density at radius 2 is 1.65 bits per heavy atom. The van der Waals surface area contributed by atoms with Crippen LogP contribution in [0.2, 0.25) is 0 Å². The van der Waals surface area contributed by atoms with Gasteiger partial charge >= 0.3 is 5.97 Å². The Morgan fingerprint density at radius 1 is 1.00 bits per heavy atom. The molecule has 1 aliphatic heterocycles. The molecule has 0 bridgehead atoms. The van der Waals surface area contributed by atoms with Gasteiger partial charge in [0.15, 0.2) is 11.5 Å². The van der Waals surface area contributed by atoms with Crippen molar-refractivity contribution < 1.29 is 28.6 Å². The molecular weight excluding hydrogens is 341 g/mol. The molecule has 0 aliphatic carbocycles. The second-order valence-corrected chi connectivity index (χ2v) is 5.92. The van der Waals surface area contributed by atoms with E-state index in [1.165, 1.54) is 29.2 Å². The van der Waals surface area contributed by atoms with E-state index in [1.54, 1.807) is 18.2 Å². The molecule has 2 aromatic rings. The summed E-state index contributed by atoms with van der Waals surface area (Å²) < 4.78 is 24.0. The first-order valence-corrected chi connectivity index (χ1v) is 8.14. The van der Waals surface area contributed by atoms with Gasteiger partial charge in [-0.1, -0.05) is 18.2 Å². The lowest BCUT2D eigenvalue weighted by Crippen LogP contribution is -2.36. The molecule has 1 amide bonds. The van der Waals surface area contributed by atoms with Crippen molar-refractivity contribution >= 4 is 11.9 Å². The van der Waals surface area contributed by atoms with Crippen molar-refractivity contribution in [3.63, 3.8) is 0 Å².